The lowest BCUT2D eigenvalue weighted by Gasteiger charge is -2.08. The summed E-state index contributed by atoms with van der Waals surface area (Å²) in [4.78, 5) is 11.2. The molecular formula is C16H32O2. The van der Waals surface area contributed by atoms with Crippen LogP contribution in [0.2, 0.25) is 0 Å². The number of hydrogen-bond donors (Lipinski definition) is 0. The Hall–Kier alpha value is -0.530. The standard InChI is InChI=1S/C16H32O2/c1-4-5-6-7-8-9-10-11-12-13-14-15(2)16(17)18-3/h15H,4-14H2,1-3H3. The fraction of sp³-hybridized carbons (Fsp3) is 0.938. The van der Waals surface area contributed by atoms with Gasteiger partial charge < -0.3 is 4.74 Å². The summed E-state index contributed by atoms with van der Waals surface area (Å²) >= 11 is 0. The maximum absolute atomic E-state index is 11.2. The lowest BCUT2D eigenvalue weighted by atomic mass is 10.0. The first-order chi connectivity index (χ1) is 8.72. The van der Waals surface area contributed by atoms with Gasteiger partial charge in [-0.15, -0.1) is 0 Å². The van der Waals surface area contributed by atoms with Crippen molar-refractivity contribution in [3.05, 3.63) is 0 Å². The molecule has 0 N–H and O–H groups in total. The second kappa shape index (κ2) is 12.9. The van der Waals surface area contributed by atoms with Gasteiger partial charge in [0.05, 0.1) is 13.0 Å². The number of hydrogen-bond acceptors (Lipinski definition) is 2. The molecule has 0 bridgehead atoms. The second-order valence-corrected chi connectivity index (χ2v) is 5.39. The molecule has 0 fully saturated rings. The van der Waals surface area contributed by atoms with Crippen molar-refractivity contribution in [2.75, 3.05) is 7.11 Å². The van der Waals surface area contributed by atoms with E-state index in [1.54, 1.807) is 0 Å². The van der Waals surface area contributed by atoms with Gasteiger partial charge in [0, 0.05) is 0 Å². The molecule has 0 aliphatic heterocycles. The number of esters is 1. The van der Waals surface area contributed by atoms with Crippen molar-refractivity contribution in [1.29, 1.82) is 0 Å². The van der Waals surface area contributed by atoms with E-state index in [0.717, 1.165) is 12.8 Å². The van der Waals surface area contributed by atoms with Crippen molar-refractivity contribution in [3.8, 4) is 0 Å². The molecule has 2 nitrogen and oxygen atoms in total. The molecule has 0 aromatic heterocycles. The van der Waals surface area contributed by atoms with Crippen LogP contribution in [0.25, 0.3) is 0 Å². The van der Waals surface area contributed by atoms with Crippen molar-refractivity contribution in [3.63, 3.8) is 0 Å². The fourth-order valence-electron chi connectivity index (χ4n) is 2.26. The molecule has 0 aliphatic rings. The summed E-state index contributed by atoms with van der Waals surface area (Å²) < 4.78 is 4.72. The predicted octanol–water partition coefficient (Wildman–Crippen LogP) is 5.11. The van der Waals surface area contributed by atoms with Crippen LogP contribution < -0.4 is 0 Å². The molecule has 108 valence electrons. The van der Waals surface area contributed by atoms with Gasteiger partial charge in [-0.25, -0.2) is 0 Å². The number of ether oxygens (including phenoxy) is 1. The number of rotatable bonds is 12. The highest BCUT2D eigenvalue weighted by Gasteiger charge is 2.11. The average Bonchev–Trinajstić information content (AvgIpc) is 2.39. The molecule has 0 saturated heterocycles. The van der Waals surface area contributed by atoms with Gasteiger partial charge in [0.2, 0.25) is 0 Å². The third-order valence-corrected chi connectivity index (χ3v) is 3.59. The smallest absolute Gasteiger partial charge is 0.308 e. The van der Waals surface area contributed by atoms with Gasteiger partial charge in [-0.3, -0.25) is 4.79 Å². The van der Waals surface area contributed by atoms with Gasteiger partial charge in [0.1, 0.15) is 0 Å². The molecular weight excluding hydrogens is 224 g/mol. The first-order valence-corrected chi connectivity index (χ1v) is 7.80. The summed E-state index contributed by atoms with van der Waals surface area (Å²) in [5.41, 5.74) is 0. The van der Waals surface area contributed by atoms with Crippen LogP contribution in [0.5, 0.6) is 0 Å². The van der Waals surface area contributed by atoms with Crippen LogP contribution in [-0.2, 0) is 9.53 Å². The quantitative estimate of drug-likeness (QED) is 0.358. The minimum absolute atomic E-state index is 0.0640. The summed E-state index contributed by atoms with van der Waals surface area (Å²) in [7, 11) is 1.47. The van der Waals surface area contributed by atoms with E-state index in [-0.39, 0.29) is 11.9 Å². The van der Waals surface area contributed by atoms with Gasteiger partial charge in [0.15, 0.2) is 0 Å². The van der Waals surface area contributed by atoms with E-state index >= 15 is 0 Å². The molecule has 0 aromatic carbocycles. The largest absolute Gasteiger partial charge is 0.469 e. The zero-order valence-electron chi connectivity index (χ0n) is 12.7. The molecule has 0 aliphatic carbocycles. The number of unbranched alkanes of at least 4 members (excludes halogenated alkanes) is 9. The Morgan fingerprint density at radius 1 is 0.889 bits per heavy atom. The van der Waals surface area contributed by atoms with Gasteiger partial charge in [-0.1, -0.05) is 78.1 Å². The second-order valence-electron chi connectivity index (χ2n) is 5.39. The van der Waals surface area contributed by atoms with Crippen LogP contribution in [0.1, 0.15) is 84.5 Å². The predicted molar refractivity (Wildman–Crippen MR) is 77.6 cm³/mol. The van der Waals surface area contributed by atoms with Crippen molar-refractivity contribution in [2.45, 2.75) is 84.5 Å². The first kappa shape index (κ1) is 17.5. The Morgan fingerprint density at radius 2 is 1.33 bits per heavy atom. The SMILES string of the molecule is CCCCCCCCCCCCC(C)C(=O)OC. The topological polar surface area (TPSA) is 26.3 Å². The van der Waals surface area contributed by atoms with Crippen molar-refractivity contribution in [2.24, 2.45) is 5.92 Å². The van der Waals surface area contributed by atoms with Gasteiger partial charge in [-0.05, 0) is 6.42 Å². The molecule has 0 aromatic rings. The van der Waals surface area contributed by atoms with Crippen LogP contribution in [0.15, 0.2) is 0 Å². The van der Waals surface area contributed by atoms with E-state index in [0.29, 0.717) is 0 Å². The van der Waals surface area contributed by atoms with Crippen LogP contribution in [0.4, 0.5) is 0 Å². The van der Waals surface area contributed by atoms with E-state index in [1.807, 2.05) is 6.92 Å². The van der Waals surface area contributed by atoms with Gasteiger partial charge in [-0.2, -0.15) is 0 Å². The lowest BCUT2D eigenvalue weighted by Crippen LogP contribution is -2.12. The number of methoxy groups -OCH3 is 1. The third-order valence-electron chi connectivity index (χ3n) is 3.59. The molecule has 0 saturated carbocycles. The maximum atomic E-state index is 11.2. The summed E-state index contributed by atoms with van der Waals surface area (Å²) in [5.74, 6) is 0.00923. The minimum Gasteiger partial charge on any atom is -0.469 e. The van der Waals surface area contributed by atoms with Crippen LogP contribution in [-0.4, -0.2) is 13.1 Å². The average molecular weight is 256 g/mol. The van der Waals surface area contributed by atoms with Crippen molar-refractivity contribution < 1.29 is 9.53 Å². The Morgan fingerprint density at radius 3 is 1.78 bits per heavy atom. The monoisotopic (exact) mass is 256 g/mol. The third kappa shape index (κ3) is 10.6. The van der Waals surface area contributed by atoms with Crippen LogP contribution in [0, 0.1) is 5.92 Å². The highest BCUT2D eigenvalue weighted by Crippen LogP contribution is 2.14. The van der Waals surface area contributed by atoms with Crippen molar-refractivity contribution in [1.82, 2.24) is 0 Å². The van der Waals surface area contributed by atoms with E-state index in [1.165, 1.54) is 64.9 Å². The zero-order chi connectivity index (χ0) is 13.6. The summed E-state index contributed by atoms with van der Waals surface area (Å²) in [6.45, 7) is 4.22. The molecule has 0 amide bonds. The van der Waals surface area contributed by atoms with Crippen LogP contribution in [0.3, 0.4) is 0 Å². The van der Waals surface area contributed by atoms with Crippen LogP contribution >= 0.6 is 0 Å². The van der Waals surface area contributed by atoms with E-state index < -0.39 is 0 Å². The summed E-state index contributed by atoms with van der Waals surface area (Å²) in [6.07, 6.45) is 14.4. The first-order valence-electron chi connectivity index (χ1n) is 7.80. The minimum atomic E-state index is -0.0640. The van der Waals surface area contributed by atoms with Gasteiger partial charge in [0.25, 0.3) is 0 Å². The number of carbonyl (C=O) groups is 1. The Bertz CT molecular complexity index is 190. The zero-order valence-corrected chi connectivity index (χ0v) is 12.7. The molecule has 0 spiro atoms. The molecule has 0 heterocycles. The molecule has 0 radical (unpaired) electrons. The lowest BCUT2D eigenvalue weighted by molar-refractivity contribution is -0.145. The summed E-state index contributed by atoms with van der Waals surface area (Å²) in [5, 5.41) is 0. The molecule has 18 heavy (non-hydrogen) atoms. The highest BCUT2D eigenvalue weighted by molar-refractivity contribution is 5.71. The molecule has 1 atom stereocenters. The maximum Gasteiger partial charge on any atom is 0.308 e. The van der Waals surface area contributed by atoms with Gasteiger partial charge >= 0.3 is 5.97 Å². The van der Waals surface area contributed by atoms with Crippen molar-refractivity contribution >= 4 is 5.97 Å². The van der Waals surface area contributed by atoms with E-state index in [4.69, 9.17) is 4.74 Å². The Balaban J connectivity index is 3.14. The number of carbonyl (C=O) groups excluding carboxylic acids is 1. The highest BCUT2D eigenvalue weighted by atomic mass is 16.5. The van der Waals surface area contributed by atoms with E-state index in [9.17, 15) is 4.79 Å². The fourth-order valence-corrected chi connectivity index (χ4v) is 2.26. The Labute approximate surface area is 113 Å². The molecule has 1 unspecified atom stereocenters. The molecule has 0 rings (SSSR count). The Kier molecular flexibility index (Phi) is 12.5. The normalized spacial score (nSPS) is 12.4. The summed E-state index contributed by atoms with van der Waals surface area (Å²) in [6, 6.07) is 0. The van der Waals surface area contributed by atoms with E-state index in [2.05, 4.69) is 6.92 Å². The molecule has 2 heteroatoms.